The van der Waals surface area contributed by atoms with Crippen LogP contribution in [0.1, 0.15) is 5.56 Å². The quantitative estimate of drug-likeness (QED) is 0.158. The molecule has 3 heteroatoms. The molecular weight excluding hydrogens is 732 g/mol. The SMILES string of the molecule is N#Cc1ccc(N(c2ccc(F)cc2)c2ccc(-c3ccc4c(-c5cccc6ccccc56)c5ccccc5c(-c5cccc6ccccc56)c4c3)c3ccccc23)cc1. The second kappa shape index (κ2) is 14.4. The van der Waals surface area contributed by atoms with Crippen LogP contribution in [0, 0.1) is 17.1 Å². The lowest BCUT2D eigenvalue weighted by Gasteiger charge is -2.27. The van der Waals surface area contributed by atoms with Gasteiger partial charge in [0.25, 0.3) is 0 Å². The highest BCUT2D eigenvalue weighted by Crippen LogP contribution is 2.49. The maximum absolute atomic E-state index is 14.3. The van der Waals surface area contributed by atoms with Gasteiger partial charge in [0.05, 0.1) is 17.3 Å². The maximum atomic E-state index is 14.3. The van der Waals surface area contributed by atoms with Crippen molar-refractivity contribution in [2.45, 2.75) is 0 Å². The van der Waals surface area contributed by atoms with Gasteiger partial charge in [-0.05, 0) is 143 Å². The molecule has 0 radical (unpaired) electrons. The number of rotatable bonds is 6. The summed E-state index contributed by atoms with van der Waals surface area (Å²) in [4.78, 5) is 2.13. The van der Waals surface area contributed by atoms with Crippen LogP contribution in [-0.4, -0.2) is 0 Å². The number of hydrogen-bond donors (Lipinski definition) is 0. The molecule has 0 aliphatic carbocycles. The number of anilines is 3. The second-order valence-electron chi connectivity index (χ2n) is 15.3. The van der Waals surface area contributed by atoms with Gasteiger partial charge < -0.3 is 4.90 Å². The highest BCUT2D eigenvalue weighted by Gasteiger charge is 2.22. The van der Waals surface area contributed by atoms with Gasteiger partial charge in [-0.3, -0.25) is 0 Å². The largest absolute Gasteiger partial charge is 0.310 e. The topological polar surface area (TPSA) is 27.0 Å². The van der Waals surface area contributed by atoms with Gasteiger partial charge in [-0.25, -0.2) is 4.39 Å². The average molecular weight is 767 g/mol. The molecule has 280 valence electrons. The van der Waals surface area contributed by atoms with Gasteiger partial charge >= 0.3 is 0 Å². The van der Waals surface area contributed by atoms with Crippen molar-refractivity contribution in [1.29, 1.82) is 5.26 Å². The van der Waals surface area contributed by atoms with Crippen LogP contribution >= 0.6 is 0 Å². The molecule has 11 aromatic rings. The van der Waals surface area contributed by atoms with Crippen molar-refractivity contribution < 1.29 is 4.39 Å². The molecule has 0 N–H and O–H groups in total. The summed E-state index contributed by atoms with van der Waals surface area (Å²) in [6, 6.07) is 75.7. The Balaban J connectivity index is 1.20. The summed E-state index contributed by atoms with van der Waals surface area (Å²) in [5, 5.41) is 21.4. The van der Waals surface area contributed by atoms with Crippen molar-refractivity contribution in [2.24, 2.45) is 0 Å². The molecule has 60 heavy (non-hydrogen) atoms. The summed E-state index contributed by atoms with van der Waals surface area (Å²) < 4.78 is 14.3. The molecule has 0 amide bonds. The zero-order chi connectivity index (χ0) is 40.2. The lowest BCUT2D eigenvalue weighted by Crippen LogP contribution is -2.10. The molecule has 0 saturated carbocycles. The Morgan fingerprint density at radius 2 is 0.850 bits per heavy atom. The van der Waals surface area contributed by atoms with Gasteiger partial charge in [-0.15, -0.1) is 0 Å². The predicted octanol–water partition coefficient (Wildman–Crippen LogP) is 15.9. The molecule has 2 nitrogen and oxygen atoms in total. The van der Waals surface area contributed by atoms with E-state index in [1.165, 1.54) is 77.5 Å². The van der Waals surface area contributed by atoms with Gasteiger partial charge in [-0.1, -0.05) is 152 Å². The van der Waals surface area contributed by atoms with E-state index in [9.17, 15) is 9.65 Å². The molecule has 0 saturated heterocycles. The Kier molecular flexibility index (Phi) is 8.43. The second-order valence-corrected chi connectivity index (χ2v) is 15.3. The minimum absolute atomic E-state index is 0.297. The van der Waals surface area contributed by atoms with E-state index in [4.69, 9.17) is 0 Å². The molecule has 0 heterocycles. The Morgan fingerprint density at radius 3 is 1.45 bits per heavy atom. The molecule has 0 atom stereocenters. The van der Waals surface area contributed by atoms with E-state index in [1.807, 2.05) is 24.3 Å². The van der Waals surface area contributed by atoms with E-state index < -0.39 is 0 Å². The van der Waals surface area contributed by atoms with Crippen molar-refractivity contribution in [1.82, 2.24) is 0 Å². The van der Waals surface area contributed by atoms with E-state index in [0.717, 1.165) is 39.0 Å². The summed E-state index contributed by atoms with van der Waals surface area (Å²) in [7, 11) is 0. The number of fused-ring (bicyclic) bond motifs is 5. The molecule has 11 aromatic carbocycles. The molecule has 11 rings (SSSR count). The fourth-order valence-corrected chi connectivity index (χ4v) is 9.25. The molecule has 0 bridgehead atoms. The predicted molar refractivity (Wildman–Crippen MR) is 250 cm³/mol. The van der Waals surface area contributed by atoms with Gasteiger partial charge in [0.2, 0.25) is 0 Å². The molecule has 0 aromatic heterocycles. The number of nitrogens with zero attached hydrogens (tertiary/aromatic N) is 2. The van der Waals surface area contributed by atoms with Crippen LogP contribution in [0.25, 0.3) is 87.2 Å². The van der Waals surface area contributed by atoms with Crippen molar-refractivity contribution in [3.05, 3.63) is 224 Å². The Hall–Kier alpha value is -8.06. The van der Waals surface area contributed by atoms with Crippen LogP contribution in [0.3, 0.4) is 0 Å². The third kappa shape index (κ3) is 5.77. The first-order chi connectivity index (χ1) is 29.6. The Morgan fingerprint density at radius 1 is 0.367 bits per heavy atom. The summed E-state index contributed by atoms with van der Waals surface area (Å²) in [6.07, 6.45) is 0. The first-order valence-electron chi connectivity index (χ1n) is 20.2. The summed E-state index contributed by atoms with van der Waals surface area (Å²) >= 11 is 0. The van der Waals surface area contributed by atoms with Gasteiger partial charge in [-0.2, -0.15) is 5.26 Å². The number of nitriles is 1. The fourth-order valence-electron chi connectivity index (χ4n) is 9.25. The van der Waals surface area contributed by atoms with E-state index >= 15 is 0 Å². The van der Waals surface area contributed by atoms with Crippen LogP contribution in [0.15, 0.2) is 212 Å². The van der Waals surface area contributed by atoms with Gasteiger partial charge in [0.1, 0.15) is 5.82 Å². The summed E-state index contributed by atoms with van der Waals surface area (Å²) in [5.41, 5.74) is 10.3. The standard InChI is InChI=1S/C57H35FN2/c58-41-26-30-43(31-27-41)60(42-28-23-37(36-59)24-29-42)55-34-33-46(47-17-5-6-18-48(47)55)40-25-32-53-54(35-40)57(50-22-10-14-39-12-2-4-16-45(39)50)52-20-8-7-19-51(52)56(53)49-21-9-13-38-11-1-3-15-44(38)49/h1-35H. The van der Waals surface area contributed by atoms with Gasteiger partial charge in [0.15, 0.2) is 0 Å². The van der Waals surface area contributed by atoms with Crippen LogP contribution in [-0.2, 0) is 0 Å². The van der Waals surface area contributed by atoms with Crippen LogP contribution in [0.2, 0.25) is 0 Å². The summed E-state index contributed by atoms with van der Waals surface area (Å²) in [5.74, 6) is -0.297. The van der Waals surface area contributed by atoms with Crippen molar-refractivity contribution >= 4 is 70.9 Å². The van der Waals surface area contributed by atoms with E-state index in [0.29, 0.717) is 5.56 Å². The van der Waals surface area contributed by atoms with Crippen molar-refractivity contribution in [3.63, 3.8) is 0 Å². The number of halogens is 1. The Bertz CT molecular complexity index is 3500. The summed E-state index contributed by atoms with van der Waals surface area (Å²) in [6.45, 7) is 0. The zero-order valence-corrected chi connectivity index (χ0v) is 32.5. The number of benzene rings is 11. The van der Waals surface area contributed by atoms with Crippen molar-refractivity contribution in [2.75, 3.05) is 4.90 Å². The third-order valence-electron chi connectivity index (χ3n) is 11.9. The normalized spacial score (nSPS) is 11.4. The van der Waals surface area contributed by atoms with E-state index in [1.54, 1.807) is 12.1 Å². The first kappa shape index (κ1) is 35.1. The van der Waals surface area contributed by atoms with Gasteiger partial charge in [0, 0.05) is 16.8 Å². The van der Waals surface area contributed by atoms with Crippen LogP contribution in [0.5, 0.6) is 0 Å². The lowest BCUT2D eigenvalue weighted by molar-refractivity contribution is 0.628. The van der Waals surface area contributed by atoms with E-state index in [-0.39, 0.29) is 5.82 Å². The van der Waals surface area contributed by atoms with Crippen LogP contribution < -0.4 is 4.90 Å². The smallest absolute Gasteiger partial charge is 0.123 e. The average Bonchev–Trinajstić information content (AvgIpc) is 3.31. The fraction of sp³-hybridized carbons (Fsp3) is 0. The number of hydrogen-bond acceptors (Lipinski definition) is 2. The lowest BCUT2D eigenvalue weighted by atomic mass is 9.82. The molecule has 0 aliphatic rings. The minimum Gasteiger partial charge on any atom is -0.310 e. The molecule has 0 aliphatic heterocycles. The highest BCUT2D eigenvalue weighted by atomic mass is 19.1. The Labute approximate surface area is 347 Å². The molecular formula is C57H35FN2. The zero-order valence-electron chi connectivity index (χ0n) is 32.5. The molecule has 0 spiro atoms. The van der Waals surface area contributed by atoms with E-state index in [2.05, 4.69) is 175 Å². The molecule has 0 fully saturated rings. The first-order valence-corrected chi connectivity index (χ1v) is 20.2. The minimum atomic E-state index is -0.297. The molecule has 0 unspecified atom stereocenters. The highest BCUT2D eigenvalue weighted by molar-refractivity contribution is 6.26. The van der Waals surface area contributed by atoms with Crippen molar-refractivity contribution in [3.8, 4) is 39.4 Å². The maximum Gasteiger partial charge on any atom is 0.123 e. The third-order valence-corrected chi connectivity index (χ3v) is 11.9. The monoisotopic (exact) mass is 766 g/mol. The van der Waals surface area contributed by atoms with Crippen LogP contribution in [0.4, 0.5) is 21.5 Å².